The first-order valence-electron chi connectivity index (χ1n) is 13.6. The second-order valence-electron chi connectivity index (χ2n) is 9.94. The first kappa shape index (κ1) is 30.1. The van der Waals surface area contributed by atoms with Gasteiger partial charge in [-0.2, -0.15) is 0 Å². The van der Waals surface area contributed by atoms with Crippen LogP contribution in [0.4, 0.5) is 0 Å². The molecule has 8 nitrogen and oxygen atoms in total. The van der Waals surface area contributed by atoms with Gasteiger partial charge in [0, 0.05) is 5.92 Å². The molecule has 0 spiro atoms. The van der Waals surface area contributed by atoms with E-state index in [1.54, 1.807) is 42.7 Å². The molecule has 3 aromatic rings. The number of aliphatic hydroxyl groups is 1. The maximum Gasteiger partial charge on any atom is 0.161 e. The van der Waals surface area contributed by atoms with Crippen LogP contribution in [0.15, 0.2) is 60.7 Å². The Labute approximate surface area is 242 Å². The maximum absolute atomic E-state index is 11.4. The summed E-state index contributed by atoms with van der Waals surface area (Å²) in [6.45, 7) is 0.407. The van der Waals surface area contributed by atoms with Crippen LogP contribution in [0.1, 0.15) is 41.7 Å². The molecule has 0 bridgehead atoms. The average Bonchev–Trinajstić information content (AvgIpc) is 3.03. The fourth-order valence-electron chi connectivity index (χ4n) is 5.43. The molecular formula is C33H40O8. The van der Waals surface area contributed by atoms with Crippen LogP contribution >= 0.6 is 0 Å². The van der Waals surface area contributed by atoms with Crippen LogP contribution < -0.4 is 28.4 Å². The minimum Gasteiger partial charge on any atom is -0.493 e. The van der Waals surface area contributed by atoms with Gasteiger partial charge in [-0.25, -0.2) is 0 Å². The van der Waals surface area contributed by atoms with Crippen LogP contribution in [-0.2, 0) is 4.74 Å². The first-order chi connectivity index (χ1) is 20.0. The van der Waals surface area contributed by atoms with Crippen molar-refractivity contribution in [2.45, 2.75) is 25.0 Å². The lowest BCUT2D eigenvalue weighted by Gasteiger charge is -2.38. The number of ether oxygens (including phenoxy) is 7. The van der Waals surface area contributed by atoms with Crippen molar-refractivity contribution in [1.29, 1.82) is 0 Å². The van der Waals surface area contributed by atoms with Gasteiger partial charge in [-0.1, -0.05) is 30.4 Å². The standard InChI is InChI=1S/C33H40O8/c1-35-26-13-10-21(16-29(26)38-4)8-7-9-23-17-25(32(34)22-11-14-27(36-2)30(18-22)39-5)20-41-33(23)24-12-15-28(37-3)31(19-24)40-6/h7-8,10-16,18-19,23,25,32-34H,9,17,20H2,1-6H3/b8-7+/t23-,25+,32+,33-/m1/s1. The summed E-state index contributed by atoms with van der Waals surface area (Å²) in [4.78, 5) is 0. The summed E-state index contributed by atoms with van der Waals surface area (Å²) in [5.74, 6) is 3.87. The quantitative estimate of drug-likeness (QED) is 0.276. The Hall–Kier alpha value is -3.88. The smallest absolute Gasteiger partial charge is 0.161 e. The Morgan fingerprint density at radius 2 is 1.29 bits per heavy atom. The lowest BCUT2D eigenvalue weighted by Crippen LogP contribution is -2.32. The van der Waals surface area contributed by atoms with Crippen LogP contribution in [0.5, 0.6) is 34.5 Å². The van der Waals surface area contributed by atoms with Gasteiger partial charge in [0.1, 0.15) is 0 Å². The van der Waals surface area contributed by atoms with E-state index in [1.165, 1.54) is 0 Å². The Balaban J connectivity index is 1.59. The summed E-state index contributed by atoms with van der Waals surface area (Å²) in [7, 11) is 9.68. The number of allylic oxidation sites excluding steroid dienone is 1. The van der Waals surface area contributed by atoms with E-state index in [4.69, 9.17) is 33.2 Å². The molecule has 3 aromatic carbocycles. The number of benzene rings is 3. The number of methoxy groups -OCH3 is 6. The number of rotatable bonds is 12. The van der Waals surface area contributed by atoms with Gasteiger partial charge in [-0.05, 0) is 71.8 Å². The average molecular weight is 565 g/mol. The van der Waals surface area contributed by atoms with E-state index < -0.39 is 6.10 Å². The van der Waals surface area contributed by atoms with Crippen LogP contribution in [0.25, 0.3) is 6.08 Å². The normalized spacial score (nSPS) is 19.4. The number of hydrogen-bond acceptors (Lipinski definition) is 8. The molecule has 0 aliphatic carbocycles. The molecule has 0 aromatic heterocycles. The van der Waals surface area contributed by atoms with Crippen LogP contribution in [0, 0.1) is 11.8 Å². The Morgan fingerprint density at radius 1 is 0.732 bits per heavy atom. The Bertz CT molecular complexity index is 1320. The third-order valence-corrected chi connectivity index (χ3v) is 7.61. The maximum atomic E-state index is 11.4. The highest BCUT2D eigenvalue weighted by atomic mass is 16.5. The van der Waals surface area contributed by atoms with Crippen molar-refractivity contribution in [1.82, 2.24) is 0 Å². The molecule has 41 heavy (non-hydrogen) atoms. The Morgan fingerprint density at radius 3 is 1.93 bits per heavy atom. The molecule has 1 saturated heterocycles. The zero-order valence-corrected chi connectivity index (χ0v) is 24.6. The van der Waals surface area contributed by atoms with Gasteiger partial charge in [0.2, 0.25) is 0 Å². The van der Waals surface area contributed by atoms with Gasteiger partial charge in [0.15, 0.2) is 34.5 Å². The van der Waals surface area contributed by atoms with Crippen molar-refractivity contribution >= 4 is 6.08 Å². The zero-order valence-electron chi connectivity index (χ0n) is 24.6. The van der Waals surface area contributed by atoms with E-state index in [-0.39, 0.29) is 17.9 Å². The van der Waals surface area contributed by atoms with Gasteiger partial charge in [0.25, 0.3) is 0 Å². The van der Waals surface area contributed by atoms with Crippen LogP contribution in [0.2, 0.25) is 0 Å². The van der Waals surface area contributed by atoms with Crippen molar-refractivity contribution in [3.8, 4) is 34.5 Å². The second kappa shape index (κ2) is 14.1. The van der Waals surface area contributed by atoms with E-state index in [1.807, 2.05) is 54.6 Å². The lowest BCUT2D eigenvalue weighted by atomic mass is 9.79. The van der Waals surface area contributed by atoms with Gasteiger partial charge < -0.3 is 38.3 Å². The van der Waals surface area contributed by atoms with Gasteiger partial charge >= 0.3 is 0 Å². The predicted octanol–water partition coefficient (Wildman–Crippen LogP) is 6.27. The van der Waals surface area contributed by atoms with Crippen LogP contribution in [-0.4, -0.2) is 54.4 Å². The highest BCUT2D eigenvalue weighted by molar-refractivity contribution is 5.56. The Kier molecular flexibility index (Phi) is 10.4. The number of hydrogen-bond donors (Lipinski definition) is 1. The monoisotopic (exact) mass is 564 g/mol. The van der Waals surface area contributed by atoms with Crippen molar-refractivity contribution in [3.63, 3.8) is 0 Å². The van der Waals surface area contributed by atoms with E-state index in [2.05, 4.69) is 12.2 Å². The van der Waals surface area contributed by atoms with E-state index in [0.29, 0.717) is 41.1 Å². The van der Waals surface area contributed by atoms with Crippen LogP contribution in [0.3, 0.4) is 0 Å². The fraction of sp³-hybridized carbons (Fsp3) is 0.394. The second-order valence-corrected chi connectivity index (χ2v) is 9.94. The molecule has 1 fully saturated rings. The first-order valence-corrected chi connectivity index (χ1v) is 13.6. The minimum absolute atomic E-state index is 0.0954. The highest BCUT2D eigenvalue weighted by Crippen LogP contribution is 2.44. The van der Waals surface area contributed by atoms with E-state index in [0.717, 1.165) is 29.5 Å². The van der Waals surface area contributed by atoms with Crippen molar-refractivity contribution in [2.75, 3.05) is 49.3 Å². The lowest BCUT2D eigenvalue weighted by molar-refractivity contribution is -0.0901. The molecule has 0 saturated carbocycles. The topological polar surface area (TPSA) is 84.8 Å². The van der Waals surface area contributed by atoms with Gasteiger partial charge in [-0.3, -0.25) is 0 Å². The molecule has 1 N–H and O–H groups in total. The molecule has 1 aliphatic heterocycles. The van der Waals surface area contributed by atoms with E-state index >= 15 is 0 Å². The summed E-state index contributed by atoms with van der Waals surface area (Å²) in [6, 6.07) is 17.2. The van der Waals surface area contributed by atoms with Crippen molar-refractivity contribution in [3.05, 3.63) is 77.4 Å². The third kappa shape index (κ3) is 6.89. The fourth-order valence-corrected chi connectivity index (χ4v) is 5.43. The molecule has 1 aliphatic rings. The molecule has 4 atom stereocenters. The van der Waals surface area contributed by atoms with E-state index in [9.17, 15) is 5.11 Å². The predicted molar refractivity (Wildman–Crippen MR) is 158 cm³/mol. The largest absolute Gasteiger partial charge is 0.493 e. The minimum atomic E-state index is -0.724. The third-order valence-electron chi connectivity index (χ3n) is 7.61. The summed E-state index contributed by atoms with van der Waals surface area (Å²) in [5.41, 5.74) is 2.77. The SMILES string of the molecule is COc1ccc(/C=C/C[C@@H]2C[C@H]([C@@H](O)c3ccc(OC)c(OC)c3)CO[C@H]2c2ccc(OC)c(OC)c2)cc1OC. The molecule has 0 unspecified atom stereocenters. The summed E-state index contributed by atoms with van der Waals surface area (Å²) in [5, 5.41) is 11.4. The number of aliphatic hydroxyl groups excluding tert-OH is 1. The van der Waals surface area contributed by atoms with Gasteiger partial charge in [-0.15, -0.1) is 0 Å². The highest BCUT2D eigenvalue weighted by Gasteiger charge is 2.36. The zero-order chi connectivity index (χ0) is 29.4. The molecule has 1 heterocycles. The molecule has 220 valence electrons. The molecule has 0 radical (unpaired) electrons. The van der Waals surface area contributed by atoms with Crippen molar-refractivity contribution < 1.29 is 38.3 Å². The summed E-state index contributed by atoms with van der Waals surface area (Å²) >= 11 is 0. The molecule has 0 amide bonds. The molecule has 4 rings (SSSR count). The molecule has 8 heteroatoms. The molecular weight excluding hydrogens is 524 g/mol. The van der Waals surface area contributed by atoms with Crippen molar-refractivity contribution in [2.24, 2.45) is 11.8 Å². The van der Waals surface area contributed by atoms with Gasteiger partial charge in [0.05, 0.1) is 61.5 Å². The summed E-state index contributed by atoms with van der Waals surface area (Å²) in [6.07, 6.45) is 4.81. The summed E-state index contributed by atoms with van der Waals surface area (Å²) < 4.78 is 39.1.